The van der Waals surface area contributed by atoms with E-state index in [1.807, 2.05) is 30.3 Å². The Hall–Kier alpha value is -2.82. The smallest absolute Gasteiger partial charge is 0.253 e. The van der Waals surface area contributed by atoms with Gasteiger partial charge in [-0.2, -0.15) is 10.3 Å². The summed E-state index contributed by atoms with van der Waals surface area (Å²) in [6, 6.07) is 16.2. The standard InChI is InChI=1S/C16H15N3O2/c1-20-15-4-2-3-14(9-15)13-7-5-12(6-8-13)11-21-16-10-17-19-18-16/h2-10H,11H2,1H3,(H,17,18,19). The molecule has 0 saturated carbocycles. The highest BCUT2D eigenvalue weighted by Gasteiger charge is 2.01. The molecule has 0 spiro atoms. The first-order valence-electron chi connectivity index (χ1n) is 6.57. The van der Waals surface area contributed by atoms with Gasteiger partial charge in [0.05, 0.1) is 7.11 Å². The Balaban J connectivity index is 1.71. The lowest BCUT2D eigenvalue weighted by Gasteiger charge is -2.06. The fourth-order valence-corrected chi connectivity index (χ4v) is 2.01. The van der Waals surface area contributed by atoms with E-state index < -0.39 is 0 Å². The molecule has 1 aromatic heterocycles. The molecule has 21 heavy (non-hydrogen) atoms. The number of aromatic amines is 1. The molecule has 0 aliphatic carbocycles. The average molecular weight is 281 g/mol. The molecule has 0 aliphatic heterocycles. The summed E-state index contributed by atoms with van der Waals surface area (Å²) in [4.78, 5) is 0. The van der Waals surface area contributed by atoms with Gasteiger partial charge in [0, 0.05) is 0 Å². The number of nitrogens with zero attached hydrogens (tertiary/aromatic N) is 2. The number of hydrogen-bond acceptors (Lipinski definition) is 4. The number of methoxy groups -OCH3 is 1. The van der Waals surface area contributed by atoms with Crippen LogP contribution >= 0.6 is 0 Å². The minimum atomic E-state index is 0.463. The highest BCUT2D eigenvalue weighted by molar-refractivity contribution is 5.65. The van der Waals surface area contributed by atoms with Crippen LogP contribution < -0.4 is 9.47 Å². The third kappa shape index (κ3) is 3.20. The molecule has 0 bridgehead atoms. The molecule has 0 fully saturated rings. The lowest BCUT2D eigenvalue weighted by atomic mass is 10.0. The topological polar surface area (TPSA) is 60.0 Å². The van der Waals surface area contributed by atoms with Gasteiger partial charge in [0.25, 0.3) is 5.88 Å². The van der Waals surface area contributed by atoms with Crippen molar-refractivity contribution in [3.05, 3.63) is 60.3 Å². The molecule has 0 radical (unpaired) electrons. The van der Waals surface area contributed by atoms with Crippen molar-refractivity contribution >= 4 is 0 Å². The van der Waals surface area contributed by atoms with Crippen LogP contribution in [0.4, 0.5) is 0 Å². The largest absolute Gasteiger partial charge is 0.497 e. The van der Waals surface area contributed by atoms with Gasteiger partial charge in [-0.25, -0.2) is 0 Å². The summed E-state index contributed by atoms with van der Waals surface area (Å²) in [5, 5.41) is 10.0. The molecular weight excluding hydrogens is 266 g/mol. The van der Waals surface area contributed by atoms with Gasteiger partial charge in [-0.3, -0.25) is 0 Å². The van der Waals surface area contributed by atoms with E-state index in [9.17, 15) is 0 Å². The zero-order chi connectivity index (χ0) is 14.5. The van der Waals surface area contributed by atoms with Crippen molar-refractivity contribution in [2.24, 2.45) is 0 Å². The summed E-state index contributed by atoms with van der Waals surface area (Å²) in [5.74, 6) is 1.35. The summed E-state index contributed by atoms with van der Waals surface area (Å²) in [6.07, 6.45) is 1.55. The second-order valence-electron chi connectivity index (χ2n) is 4.53. The fourth-order valence-electron chi connectivity index (χ4n) is 2.01. The van der Waals surface area contributed by atoms with Crippen LogP contribution in [0.25, 0.3) is 11.1 Å². The van der Waals surface area contributed by atoms with Crippen molar-refractivity contribution in [3.8, 4) is 22.8 Å². The second kappa shape index (κ2) is 6.09. The second-order valence-corrected chi connectivity index (χ2v) is 4.53. The number of ether oxygens (including phenoxy) is 2. The predicted octanol–water partition coefficient (Wildman–Crippen LogP) is 3.06. The van der Waals surface area contributed by atoms with Crippen LogP contribution in [0.15, 0.2) is 54.7 Å². The molecule has 1 heterocycles. The maximum absolute atomic E-state index is 5.49. The van der Waals surface area contributed by atoms with Crippen LogP contribution in [0.5, 0.6) is 11.6 Å². The van der Waals surface area contributed by atoms with E-state index in [0.717, 1.165) is 22.4 Å². The molecule has 1 N–H and O–H groups in total. The van der Waals surface area contributed by atoms with E-state index in [0.29, 0.717) is 12.5 Å². The molecule has 0 amide bonds. The average Bonchev–Trinajstić information content (AvgIpc) is 3.07. The Labute approximate surface area is 122 Å². The number of H-pyrrole nitrogens is 1. The Morgan fingerprint density at radius 2 is 1.90 bits per heavy atom. The van der Waals surface area contributed by atoms with Crippen LogP contribution in [0.2, 0.25) is 0 Å². The monoisotopic (exact) mass is 281 g/mol. The third-order valence-corrected chi connectivity index (χ3v) is 3.14. The van der Waals surface area contributed by atoms with Gasteiger partial charge in [-0.1, -0.05) is 36.4 Å². The molecule has 2 aromatic carbocycles. The summed E-state index contributed by atoms with van der Waals surface area (Å²) in [5.41, 5.74) is 3.34. The number of benzene rings is 2. The highest BCUT2D eigenvalue weighted by atomic mass is 16.5. The number of aromatic nitrogens is 3. The highest BCUT2D eigenvalue weighted by Crippen LogP contribution is 2.24. The molecule has 0 unspecified atom stereocenters. The van der Waals surface area contributed by atoms with Crippen LogP contribution in [0.1, 0.15) is 5.56 Å². The van der Waals surface area contributed by atoms with Gasteiger partial charge in [-0.05, 0) is 28.8 Å². The van der Waals surface area contributed by atoms with Crippen LogP contribution in [0, 0.1) is 0 Å². The Morgan fingerprint density at radius 3 is 2.62 bits per heavy atom. The third-order valence-electron chi connectivity index (χ3n) is 3.14. The normalized spacial score (nSPS) is 10.3. The predicted molar refractivity (Wildman–Crippen MR) is 79.1 cm³/mol. The Morgan fingerprint density at radius 1 is 1.05 bits per heavy atom. The van der Waals surface area contributed by atoms with Crippen molar-refractivity contribution in [3.63, 3.8) is 0 Å². The minimum absolute atomic E-state index is 0.463. The zero-order valence-electron chi connectivity index (χ0n) is 11.6. The molecule has 5 heteroatoms. The quantitative estimate of drug-likeness (QED) is 0.780. The Bertz CT molecular complexity index is 694. The van der Waals surface area contributed by atoms with E-state index >= 15 is 0 Å². The molecular formula is C16H15N3O2. The fraction of sp³-hybridized carbons (Fsp3) is 0.125. The SMILES string of the molecule is COc1cccc(-c2ccc(COc3cn[nH]n3)cc2)c1. The van der Waals surface area contributed by atoms with E-state index in [1.54, 1.807) is 13.3 Å². The maximum Gasteiger partial charge on any atom is 0.253 e. The molecule has 5 nitrogen and oxygen atoms in total. The first-order chi connectivity index (χ1) is 10.3. The first kappa shape index (κ1) is 13.2. The van der Waals surface area contributed by atoms with Crippen molar-refractivity contribution in [1.82, 2.24) is 15.4 Å². The minimum Gasteiger partial charge on any atom is -0.497 e. The number of hydrogen-bond donors (Lipinski definition) is 1. The first-order valence-corrected chi connectivity index (χ1v) is 6.57. The van der Waals surface area contributed by atoms with Crippen LogP contribution in [-0.4, -0.2) is 22.5 Å². The zero-order valence-corrected chi connectivity index (χ0v) is 11.6. The van der Waals surface area contributed by atoms with E-state index in [1.165, 1.54) is 0 Å². The number of nitrogens with one attached hydrogen (secondary N) is 1. The van der Waals surface area contributed by atoms with Gasteiger partial charge >= 0.3 is 0 Å². The molecule has 3 aromatic rings. The van der Waals surface area contributed by atoms with Crippen LogP contribution in [0.3, 0.4) is 0 Å². The number of rotatable bonds is 5. The van der Waals surface area contributed by atoms with Gasteiger partial charge in [0.15, 0.2) is 0 Å². The molecule has 0 atom stereocenters. The van der Waals surface area contributed by atoms with Crippen molar-refractivity contribution in [1.29, 1.82) is 0 Å². The lowest BCUT2D eigenvalue weighted by Crippen LogP contribution is -1.95. The summed E-state index contributed by atoms with van der Waals surface area (Å²) >= 11 is 0. The lowest BCUT2D eigenvalue weighted by molar-refractivity contribution is 0.293. The molecule has 0 aliphatic rings. The summed E-state index contributed by atoms with van der Waals surface area (Å²) in [6.45, 7) is 0.463. The van der Waals surface area contributed by atoms with Crippen molar-refractivity contribution < 1.29 is 9.47 Å². The van der Waals surface area contributed by atoms with Crippen molar-refractivity contribution in [2.45, 2.75) is 6.61 Å². The molecule has 106 valence electrons. The maximum atomic E-state index is 5.49. The van der Waals surface area contributed by atoms with E-state index in [-0.39, 0.29) is 0 Å². The summed E-state index contributed by atoms with van der Waals surface area (Å²) in [7, 11) is 1.67. The Kier molecular flexibility index (Phi) is 3.82. The van der Waals surface area contributed by atoms with Gasteiger partial charge < -0.3 is 9.47 Å². The molecule has 0 saturated heterocycles. The van der Waals surface area contributed by atoms with Crippen molar-refractivity contribution in [2.75, 3.05) is 7.11 Å². The van der Waals surface area contributed by atoms with E-state index in [2.05, 4.69) is 33.6 Å². The molecule has 3 rings (SSSR count). The van der Waals surface area contributed by atoms with Gasteiger partial charge in [0.1, 0.15) is 18.6 Å². The summed E-state index contributed by atoms with van der Waals surface area (Å²) < 4.78 is 10.7. The van der Waals surface area contributed by atoms with Gasteiger partial charge in [-0.15, -0.1) is 5.10 Å². The van der Waals surface area contributed by atoms with Crippen LogP contribution in [-0.2, 0) is 6.61 Å². The van der Waals surface area contributed by atoms with E-state index in [4.69, 9.17) is 9.47 Å². The van der Waals surface area contributed by atoms with Gasteiger partial charge in [0.2, 0.25) is 0 Å².